The second-order valence-corrected chi connectivity index (χ2v) is 2.50. The van der Waals surface area contributed by atoms with Crippen LogP contribution in [-0.4, -0.2) is 5.91 Å². The molecule has 2 rings (SSSR count). The largest absolute Gasteiger partial charge is 0.365 e. The third-order valence-electron chi connectivity index (χ3n) is 1.72. The monoisotopic (exact) mass is 165 g/mol. The second kappa shape index (κ2) is 2.49. The predicted octanol–water partition coefficient (Wildman–Crippen LogP) is 0.610. The Bertz CT molecular complexity index is 335. The van der Waals surface area contributed by atoms with E-state index >= 15 is 0 Å². The number of rotatable bonds is 1. The van der Waals surface area contributed by atoms with E-state index in [1.807, 2.05) is 6.07 Å². The van der Waals surface area contributed by atoms with Gasteiger partial charge in [-0.2, -0.15) is 4.89 Å². The van der Waals surface area contributed by atoms with Crippen LogP contribution in [0.3, 0.4) is 0 Å². The first-order valence-corrected chi connectivity index (χ1v) is 3.50. The smallest absolute Gasteiger partial charge is 0.252 e. The van der Waals surface area contributed by atoms with E-state index in [1.165, 1.54) is 0 Å². The minimum Gasteiger partial charge on any atom is -0.365 e. The standard InChI is InChI=1S/C8H7NO3/c9-8(10)6-3-1-2-5-4-11-12-7(5)6/h1-3H,4H2,(H2,9,10). The summed E-state index contributed by atoms with van der Waals surface area (Å²) in [6.07, 6.45) is 0. The van der Waals surface area contributed by atoms with Crippen LogP contribution in [0.4, 0.5) is 0 Å². The summed E-state index contributed by atoms with van der Waals surface area (Å²) in [5.41, 5.74) is 6.33. The minimum atomic E-state index is -0.502. The maximum absolute atomic E-state index is 10.8. The summed E-state index contributed by atoms with van der Waals surface area (Å²) >= 11 is 0. The van der Waals surface area contributed by atoms with Crippen LogP contribution in [0.1, 0.15) is 15.9 Å². The molecule has 0 bridgehead atoms. The SMILES string of the molecule is NC(=O)c1cccc2c1OOC2. The van der Waals surface area contributed by atoms with Crippen LogP contribution in [0.25, 0.3) is 0 Å². The van der Waals surface area contributed by atoms with Crippen LogP contribution < -0.4 is 10.6 Å². The topological polar surface area (TPSA) is 61.6 Å². The Morgan fingerprint density at radius 1 is 1.50 bits per heavy atom. The predicted molar refractivity (Wildman–Crippen MR) is 40.4 cm³/mol. The van der Waals surface area contributed by atoms with Gasteiger partial charge in [0.15, 0.2) is 5.75 Å². The van der Waals surface area contributed by atoms with Crippen molar-refractivity contribution in [2.45, 2.75) is 6.61 Å². The highest BCUT2D eigenvalue weighted by molar-refractivity contribution is 5.96. The first-order valence-electron chi connectivity index (χ1n) is 3.50. The average Bonchev–Trinajstić information content (AvgIpc) is 2.49. The van der Waals surface area contributed by atoms with Crippen molar-refractivity contribution in [1.29, 1.82) is 0 Å². The molecule has 62 valence electrons. The number of nitrogens with two attached hydrogens (primary N) is 1. The normalized spacial score (nSPS) is 13.7. The van der Waals surface area contributed by atoms with Gasteiger partial charge in [-0.05, 0) is 6.07 Å². The van der Waals surface area contributed by atoms with E-state index in [4.69, 9.17) is 15.5 Å². The van der Waals surface area contributed by atoms with Crippen LogP contribution in [0.5, 0.6) is 5.75 Å². The van der Waals surface area contributed by atoms with E-state index in [-0.39, 0.29) is 0 Å². The fourth-order valence-electron chi connectivity index (χ4n) is 1.14. The van der Waals surface area contributed by atoms with Gasteiger partial charge < -0.3 is 10.6 Å². The average molecular weight is 165 g/mol. The molecule has 1 heterocycles. The fourth-order valence-corrected chi connectivity index (χ4v) is 1.14. The number of amides is 1. The van der Waals surface area contributed by atoms with Crippen molar-refractivity contribution >= 4 is 5.91 Å². The summed E-state index contributed by atoms with van der Waals surface area (Å²) in [6, 6.07) is 5.18. The zero-order chi connectivity index (χ0) is 8.55. The number of para-hydroxylation sites is 1. The van der Waals surface area contributed by atoms with Crippen LogP contribution in [0.2, 0.25) is 0 Å². The summed E-state index contributed by atoms with van der Waals surface area (Å²) in [4.78, 5) is 20.3. The Kier molecular flexibility index (Phi) is 1.48. The van der Waals surface area contributed by atoms with E-state index in [2.05, 4.69) is 0 Å². The van der Waals surface area contributed by atoms with Gasteiger partial charge in [-0.3, -0.25) is 4.79 Å². The van der Waals surface area contributed by atoms with E-state index in [9.17, 15) is 4.79 Å². The molecule has 1 amide bonds. The van der Waals surface area contributed by atoms with Crippen molar-refractivity contribution in [2.24, 2.45) is 5.73 Å². The molecule has 0 aromatic heterocycles. The summed E-state index contributed by atoms with van der Waals surface area (Å²) in [5, 5.41) is 0. The van der Waals surface area contributed by atoms with E-state index in [0.717, 1.165) is 5.56 Å². The van der Waals surface area contributed by atoms with Gasteiger partial charge in [0.25, 0.3) is 5.91 Å². The summed E-state index contributed by atoms with van der Waals surface area (Å²) < 4.78 is 0. The molecule has 4 nitrogen and oxygen atoms in total. The lowest BCUT2D eigenvalue weighted by atomic mass is 10.1. The lowest BCUT2D eigenvalue weighted by molar-refractivity contribution is -0.194. The number of primary amides is 1. The maximum atomic E-state index is 10.8. The molecular formula is C8H7NO3. The van der Waals surface area contributed by atoms with Crippen LogP contribution in [0.15, 0.2) is 18.2 Å². The van der Waals surface area contributed by atoms with Crippen LogP contribution in [0, 0.1) is 0 Å². The molecule has 0 unspecified atom stereocenters. The zero-order valence-corrected chi connectivity index (χ0v) is 6.24. The fraction of sp³-hybridized carbons (Fsp3) is 0.125. The van der Waals surface area contributed by atoms with Crippen molar-refractivity contribution in [3.63, 3.8) is 0 Å². The second-order valence-electron chi connectivity index (χ2n) is 2.50. The van der Waals surface area contributed by atoms with Gasteiger partial charge in [-0.1, -0.05) is 12.1 Å². The zero-order valence-electron chi connectivity index (χ0n) is 6.24. The lowest BCUT2D eigenvalue weighted by Gasteiger charge is -1.99. The third kappa shape index (κ3) is 0.931. The molecule has 0 aliphatic carbocycles. The maximum Gasteiger partial charge on any atom is 0.252 e. The van der Waals surface area contributed by atoms with E-state index in [0.29, 0.717) is 17.9 Å². The Hall–Kier alpha value is -1.55. The number of carbonyl (C=O) groups excluding carboxylic acids is 1. The van der Waals surface area contributed by atoms with Crippen molar-refractivity contribution in [2.75, 3.05) is 0 Å². The molecule has 12 heavy (non-hydrogen) atoms. The van der Waals surface area contributed by atoms with Gasteiger partial charge in [0, 0.05) is 5.56 Å². The number of hydrogen-bond donors (Lipinski definition) is 1. The molecule has 1 aromatic carbocycles. The Balaban J connectivity index is 2.56. The first-order chi connectivity index (χ1) is 5.79. The molecule has 0 atom stereocenters. The van der Waals surface area contributed by atoms with E-state index in [1.54, 1.807) is 12.1 Å². The molecule has 0 saturated heterocycles. The van der Waals surface area contributed by atoms with Gasteiger partial charge in [-0.25, -0.2) is 0 Å². The molecule has 1 aromatic rings. The van der Waals surface area contributed by atoms with Crippen molar-refractivity contribution in [3.8, 4) is 5.75 Å². The molecule has 1 aliphatic heterocycles. The molecule has 0 saturated carbocycles. The van der Waals surface area contributed by atoms with Crippen molar-refractivity contribution in [3.05, 3.63) is 29.3 Å². The quantitative estimate of drug-likeness (QED) is 0.620. The number of carbonyl (C=O) groups is 1. The molecule has 0 radical (unpaired) electrons. The number of benzene rings is 1. The number of fused-ring (bicyclic) bond motifs is 1. The molecule has 4 heteroatoms. The molecule has 0 fully saturated rings. The molecule has 2 N–H and O–H groups in total. The Morgan fingerprint density at radius 2 is 2.33 bits per heavy atom. The van der Waals surface area contributed by atoms with Gasteiger partial charge in [0.05, 0.1) is 5.56 Å². The highest BCUT2D eigenvalue weighted by atomic mass is 17.2. The minimum absolute atomic E-state index is 0.366. The van der Waals surface area contributed by atoms with Gasteiger partial charge in [0.2, 0.25) is 0 Å². The van der Waals surface area contributed by atoms with Gasteiger partial charge in [0.1, 0.15) is 6.61 Å². The van der Waals surface area contributed by atoms with Crippen LogP contribution in [-0.2, 0) is 11.5 Å². The third-order valence-corrected chi connectivity index (χ3v) is 1.72. The van der Waals surface area contributed by atoms with Gasteiger partial charge >= 0.3 is 0 Å². The Morgan fingerprint density at radius 3 is 3.08 bits per heavy atom. The van der Waals surface area contributed by atoms with E-state index < -0.39 is 5.91 Å². The van der Waals surface area contributed by atoms with Crippen molar-refractivity contribution < 1.29 is 14.6 Å². The van der Waals surface area contributed by atoms with Crippen LogP contribution >= 0.6 is 0 Å². The summed E-state index contributed by atoms with van der Waals surface area (Å²) in [7, 11) is 0. The first kappa shape index (κ1) is 7.12. The molecule has 1 aliphatic rings. The molecular weight excluding hydrogens is 158 g/mol. The highest BCUT2D eigenvalue weighted by Crippen LogP contribution is 2.29. The molecule has 0 spiro atoms. The highest BCUT2D eigenvalue weighted by Gasteiger charge is 2.19. The summed E-state index contributed by atoms with van der Waals surface area (Å²) in [6.45, 7) is 0.371. The van der Waals surface area contributed by atoms with Crippen molar-refractivity contribution in [1.82, 2.24) is 0 Å². The summed E-state index contributed by atoms with van der Waals surface area (Å²) in [5.74, 6) is -0.0534. The Labute approximate surface area is 68.8 Å². The van der Waals surface area contributed by atoms with Gasteiger partial charge in [-0.15, -0.1) is 0 Å². The number of hydrogen-bond acceptors (Lipinski definition) is 3. The lowest BCUT2D eigenvalue weighted by Crippen LogP contribution is -2.11.